The standard InChI is InChI=1S/C16H21N3O/c1-16(2)7-4-10-19(12-16)15(20)14-6-9-18-11-13(14)5-3-8-17/h6,9,11H,4,7-8,10,12,17H2,1-2H3. The van der Waals surface area contributed by atoms with E-state index >= 15 is 0 Å². The molecule has 1 aromatic rings. The molecule has 2 heterocycles. The average Bonchev–Trinajstić information content (AvgIpc) is 2.43. The molecular weight excluding hydrogens is 250 g/mol. The van der Waals surface area contributed by atoms with Crippen LogP contribution in [0.25, 0.3) is 0 Å². The quantitative estimate of drug-likeness (QED) is 0.790. The summed E-state index contributed by atoms with van der Waals surface area (Å²) in [6.07, 6.45) is 5.47. The van der Waals surface area contributed by atoms with Gasteiger partial charge in [-0.25, -0.2) is 0 Å². The highest BCUT2D eigenvalue weighted by Crippen LogP contribution is 2.29. The molecule has 0 saturated carbocycles. The summed E-state index contributed by atoms with van der Waals surface area (Å²) in [6.45, 7) is 6.29. The third kappa shape index (κ3) is 3.37. The lowest BCUT2D eigenvalue weighted by Gasteiger charge is -2.38. The molecule has 1 amide bonds. The first-order chi connectivity index (χ1) is 9.53. The van der Waals surface area contributed by atoms with Gasteiger partial charge >= 0.3 is 0 Å². The Balaban J connectivity index is 2.25. The predicted octanol–water partition coefficient (Wildman–Crippen LogP) is 1.65. The molecule has 0 aliphatic carbocycles. The van der Waals surface area contributed by atoms with E-state index < -0.39 is 0 Å². The van der Waals surface area contributed by atoms with E-state index in [0.29, 0.717) is 11.1 Å². The minimum Gasteiger partial charge on any atom is -0.338 e. The Morgan fingerprint density at radius 1 is 1.55 bits per heavy atom. The monoisotopic (exact) mass is 271 g/mol. The zero-order chi connectivity index (χ0) is 14.6. The molecule has 1 aliphatic rings. The minimum absolute atomic E-state index is 0.0431. The molecule has 0 bridgehead atoms. The molecule has 2 N–H and O–H groups in total. The lowest BCUT2D eigenvalue weighted by molar-refractivity contribution is 0.0583. The van der Waals surface area contributed by atoms with Crippen LogP contribution < -0.4 is 5.73 Å². The first-order valence-electron chi connectivity index (χ1n) is 6.96. The van der Waals surface area contributed by atoms with Crippen LogP contribution in [0.5, 0.6) is 0 Å². The summed E-state index contributed by atoms with van der Waals surface area (Å²) < 4.78 is 0. The average molecular weight is 271 g/mol. The van der Waals surface area contributed by atoms with Crippen molar-refractivity contribution in [1.82, 2.24) is 9.88 Å². The van der Waals surface area contributed by atoms with Crippen molar-refractivity contribution in [2.75, 3.05) is 19.6 Å². The molecule has 2 rings (SSSR count). The van der Waals surface area contributed by atoms with Crippen LogP contribution in [-0.2, 0) is 0 Å². The Hall–Kier alpha value is -1.86. The molecule has 1 fully saturated rings. The number of hydrogen-bond donors (Lipinski definition) is 1. The van der Waals surface area contributed by atoms with E-state index in [2.05, 4.69) is 30.7 Å². The maximum absolute atomic E-state index is 12.7. The van der Waals surface area contributed by atoms with Crippen molar-refractivity contribution in [3.8, 4) is 11.8 Å². The van der Waals surface area contributed by atoms with Gasteiger partial charge in [0.25, 0.3) is 5.91 Å². The number of likely N-dealkylation sites (tertiary alicyclic amines) is 1. The summed E-state index contributed by atoms with van der Waals surface area (Å²) in [6, 6.07) is 1.74. The van der Waals surface area contributed by atoms with Crippen LogP contribution in [0, 0.1) is 17.3 Å². The van der Waals surface area contributed by atoms with Crippen LogP contribution in [0.2, 0.25) is 0 Å². The van der Waals surface area contributed by atoms with Crippen molar-refractivity contribution in [1.29, 1.82) is 0 Å². The zero-order valence-electron chi connectivity index (χ0n) is 12.1. The lowest BCUT2D eigenvalue weighted by Crippen LogP contribution is -2.43. The van der Waals surface area contributed by atoms with Gasteiger partial charge in [-0.05, 0) is 24.3 Å². The van der Waals surface area contributed by atoms with Gasteiger partial charge in [-0.1, -0.05) is 25.7 Å². The number of pyridine rings is 1. The molecule has 4 heteroatoms. The number of hydrogen-bond acceptors (Lipinski definition) is 3. The highest BCUT2D eigenvalue weighted by molar-refractivity contribution is 5.96. The van der Waals surface area contributed by atoms with Crippen LogP contribution >= 0.6 is 0 Å². The lowest BCUT2D eigenvalue weighted by atomic mass is 9.84. The Kier molecular flexibility index (Phi) is 4.41. The highest BCUT2D eigenvalue weighted by Gasteiger charge is 2.30. The van der Waals surface area contributed by atoms with Crippen molar-refractivity contribution in [2.24, 2.45) is 11.1 Å². The number of aromatic nitrogens is 1. The summed E-state index contributed by atoms with van der Waals surface area (Å²) in [5.41, 5.74) is 6.86. The van der Waals surface area contributed by atoms with E-state index in [4.69, 9.17) is 5.73 Å². The first-order valence-corrected chi connectivity index (χ1v) is 6.96. The molecule has 0 aromatic carbocycles. The fraction of sp³-hybridized carbons (Fsp3) is 0.500. The minimum atomic E-state index is 0.0431. The van der Waals surface area contributed by atoms with Gasteiger partial charge in [0.1, 0.15) is 0 Å². The maximum atomic E-state index is 12.7. The van der Waals surface area contributed by atoms with Crippen molar-refractivity contribution >= 4 is 5.91 Å². The smallest absolute Gasteiger partial charge is 0.255 e. The number of piperidine rings is 1. The summed E-state index contributed by atoms with van der Waals surface area (Å²) in [4.78, 5) is 18.6. The van der Waals surface area contributed by atoms with Crippen LogP contribution in [-0.4, -0.2) is 35.4 Å². The van der Waals surface area contributed by atoms with Crippen molar-refractivity contribution < 1.29 is 4.79 Å². The van der Waals surface area contributed by atoms with Gasteiger partial charge in [0.05, 0.1) is 17.7 Å². The van der Waals surface area contributed by atoms with Gasteiger partial charge in [0, 0.05) is 25.5 Å². The van der Waals surface area contributed by atoms with E-state index in [9.17, 15) is 4.79 Å². The third-order valence-corrected chi connectivity index (χ3v) is 3.56. The number of nitrogens with two attached hydrogens (primary N) is 1. The topological polar surface area (TPSA) is 59.2 Å². The van der Waals surface area contributed by atoms with Crippen LogP contribution in [0.15, 0.2) is 18.5 Å². The first kappa shape index (κ1) is 14.5. The summed E-state index contributed by atoms with van der Waals surface area (Å²) in [5.74, 6) is 5.76. The normalized spacial score (nSPS) is 17.2. The SMILES string of the molecule is CC1(C)CCCN(C(=O)c2ccncc2C#CCN)C1. The number of carbonyl (C=O) groups is 1. The van der Waals surface area contributed by atoms with Gasteiger partial charge in [-0.15, -0.1) is 0 Å². The number of carbonyl (C=O) groups excluding carboxylic acids is 1. The third-order valence-electron chi connectivity index (χ3n) is 3.56. The second-order valence-electron chi connectivity index (χ2n) is 5.92. The predicted molar refractivity (Wildman–Crippen MR) is 79.1 cm³/mol. The molecule has 1 aliphatic heterocycles. The van der Waals surface area contributed by atoms with Crippen LogP contribution in [0.4, 0.5) is 0 Å². The molecule has 0 atom stereocenters. The van der Waals surface area contributed by atoms with Crippen molar-refractivity contribution in [2.45, 2.75) is 26.7 Å². The van der Waals surface area contributed by atoms with E-state index in [1.54, 1.807) is 18.5 Å². The van der Waals surface area contributed by atoms with Gasteiger partial charge in [0.2, 0.25) is 0 Å². The largest absolute Gasteiger partial charge is 0.338 e. The van der Waals surface area contributed by atoms with E-state index in [-0.39, 0.29) is 17.9 Å². The van der Waals surface area contributed by atoms with Crippen molar-refractivity contribution in [3.05, 3.63) is 29.6 Å². The van der Waals surface area contributed by atoms with Crippen molar-refractivity contribution in [3.63, 3.8) is 0 Å². The Bertz CT molecular complexity index is 554. The van der Waals surface area contributed by atoms with Crippen LogP contribution in [0.1, 0.15) is 42.6 Å². The highest BCUT2D eigenvalue weighted by atomic mass is 16.2. The molecule has 1 saturated heterocycles. The zero-order valence-corrected chi connectivity index (χ0v) is 12.1. The summed E-state index contributed by atoms with van der Waals surface area (Å²) >= 11 is 0. The van der Waals surface area contributed by atoms with Gasteiger partial charge < -0.3 is 10.6 Å². The van der Waals surface area contributed by atoms with E-state index in [1.165, 1.54) is 0 Å². The molecule has 20 heavy (non-hydrogen) atoms. The molecule has 106 valence electrons. The molecule has 4 nitrogen and oxygen atoms in total. The summed E-state index contributed by atoms with van der Waals surface area (Å²) in [7, 11) is 0. The van der Waals surface area contributed by atoms with Gasteiger partial charge in [-0.2, -0.15) is 0 Å². The number of nitrogens with zero attached hydrogens (tertiary/aromatic N) is 2. The van der Waals surface area contributed by atoms with E-state index in [1.807, 2.05) is 4.90 Å². The van der Waals surface area contributed by atoms with Gasteiger partial charge in [0.15, 0.2) is 0 Å². The maximum Gasteiger partial charge on any atom is 0.255 e. The Labute approximate surface area is 120 Å². The van der Waals surface area contributed by atoms with Crippen LogP contribution in [0.3, 0.4) is 0 Å². The Morgan fingerprint density at radius 2 is 2.35 bits per heavy atom. The van der Waals surface area contributed by atoms with Gasteiger partial charge in [-0.3, -0.25) is 9.78 Å². The fourth-order valence-electron chi connectivity index (χ4n) is 2.59. The summed E-state index contributed by atoms with van der Waals surface area (Å²) in [5, 5.41) is 0. The number of rotatable bonds is 1. The molecule has 0 spiro atoms. The van der Waals surface area contributed by atoms with E-state index in [0.717, 1.165) is 25.9 Å². The second kappa shape index (κ2) is 6.06. The fourth-order valence-corrected chi connectivity index (χ4v) is 2.59. The Morgan fingerprint density at radius 3 is 3.05 bits per heavy atom. The second-order valence-corrected chi connectivity index (χ2v) is 5.92. The molecule has 1 aromatic heterocycles. The molecule has 0 unspecified atom stereocenters. The molecular formula is C16H21N3O. The number of amides is 1. The molecule has 0 radical (unpaired) electrons.